The molecule has 32 heavy (non-hydrogen) atoms. The predicted molar refractivity (Wildman–Crippen MR) is 132 cm³/mol. The normalized spacial score (nSPS) is 14.7. The molecule has 0 radical (unpaired) electrons. The molecule has 0 aliphatic carbocycles. The van der Waals surface area contributed by atoms with E-state index in [1.54, 1.807) is 11.8 Å². The molecule has 1 fully saturated rings. The van der Waals surface area contributed by atoms with Gasteiger partial charge in [-0.25, -0.2) is 4.98 Å². The summed E-state index contributed by atoms with van der Waals surface area (Å²) < 4.78 is 0. The minimum atomic E-state index is -0.259. The number of nitrogens with one attached hydrogen (secondary N) is 1. The van der Waals surface area contributed by atoms with E-state index in [2.05, 4.69) is 40.3 Å². The maximum atomic E-state index is 13.3. The van der Waals surface area contributed by atoms with Crippen molar-refractivity contribution in [2.24, 2.45) is 0 Å². The molecule has 0 spiro atoms. The van der Waals surface area contributed by atoms with Crippen LogP contribution in [0, 0.1) is 0 Å². The van der Waals surface area contributed by atoms with E-state index in [1.807, 2.05) is 30.2 Å². The van der Waals surface area contributed by atoms with Gasteiger partial charge in [-0.3, -0.25) is 9.59 Å². The number of hydrogen-bond acceptors (Lipinski definition) is 4. The number of amides is 1. The first-order chi connectivity index (χ1) is 15.7. The van der Waals surface area contributed by atoms with Crippen LogP contribution in [-0.4, -0.2) is 44.7 Å². The number of unbranched alkanes of at least 4 members (excludes halogenated alkanes) is 2. The maximum absolute atomic E-state index is 13.3. The number of fused-ring (bicyclic) bond motifs is 1. The van der Waals surface area contributed by atoms with E-state index in [4.69, 9.17) is 0 Å². The Morgan fingerprint density at radius 1 is 1.12 bits per heavy atom. The van der Waals surface area contributed by atoms with Crippen LogP contribution in [0.3, 0.4) is 0 Å². The number of carbonyl (C=O) groups excluding carboxylic acids is 2. The number of aromatic amines is 1. The molecule has 1 atom stereocenters. The molecule has 1 N–H and O–H groups in total. The molecule has 6 heteroatoms. The van der Waals surface area contributed by atoms with Gasteiger partial charge in [0, 0.05) is 30.7 Å². The summed E-state index contributed by atoms with van der Waals surface area (Å²) in [4.78, 5) is 34.9. The third kappa shape index (κ3) is 5.41. The lowest BCUT2D eigenvalue weighted by Gasteiger charge is -2.21. The van der Waals surface area contributed by atoms with Gasteiger partial charge in [-0.15, -0.1) is 11.8 Å². The van der Waals surface area contributed by atoms with Crippen molar-refractivity contribution in [3.8, 4) is 11.3 Å². The molecule has 5 nitrogen and oxygen atoms in total. The van der Waals surface area contributed by atoms with Gasteiger partial charge in [0.25, 0.3) is 0 Å². The number of aromatic nitrogens is 2. The second-order valence-electron chi connectivity index (χ2n) is 8.43. The molecule has 1 aromatic heterocycles. The molecule has 0 saturated carbocycles. The number of nitrogens with zero attached hydrogens (tertiary/aromatic N) is 2. The Hall–Kier alpha value is -2.60. The predicted octanol–water partition coefficient (Wildman–Crippen LogP) is 5.78. The SMILES string of the molecule is CCC(=O)CCCCCC(C(=O)N1CCSC1)c1ncc(-c2ccc3ccccc3c2)[nH]1. The van der Waals surface area contributed by atoms with E-state index in [1.165, 1.54) is 10.8 Å². The summed E-state index contributed by atoms with van der Waals surface area (Å²) >= 11 is 1.80. The van der Waals surface area contributed by atoms with Crippen LogP contribution in [0.1, 0.15) is 57.2 Å². The molecule has 3 aromatic rings. The lowest BCUT2D eigenvalue weighted by molar-refractivity contribution is -0.131. The number of carbonyl (C=O) groups is 2. The number of Topliss-reactive ketones (excluding diaryl/α,β-unsaturated/α-hetero) is 1. The zero-order chi connectivity index (χ0) is 22.3. The van der Waals surface area contributed by atoms with Crippen molar-refractivity contribution in [1.82, 2.24) is 14.9 Å². The van der Waals surface area contributed by atoms with Gasteiger partial charge in [0.05, 0.1) is 23.7 Å². The Morgan fingerprint density at radius 3 is 2.75 bits per heavy atom. The maximum Gasteiger partial charge on any atom is 0.234 e. The lowest BCUT2D eigenvalue weighted by Crippen LogP contribution is -2.33. The summed E-state index contributed by atoms with van der Waals surface area (Å²) in [5, 5.41) is 2.39. The van der Waals surface area contributed by atoms with Crippen molar-refractivity contribution in [3.63, 3.8) is 0 Å². The molecule has 0 bridgehead atoms. The zero-order valence-electron chi connectivity index (χ0n) is 18.7. The Balaban J connectivity index is 1.49. The topological polar surface area (TPSA) is 66.1 Å². The van der Waals surface area contributed by atoms with Crippen LogP contribution in [-0.2, 0) is 9.59 Å². The van der Waals surface area contributed by atoms with E-state index >= 15 is 0 Å². The molecular weight excluding hydrogens is 418 g/mol. The van der Waals surface area contributed by atoms with Gasteiger partial charge in [-0.2, -0.15) is 0 Å². The van der Waals surface area contributed by atoms with Gasteiger partial charge in [0.1, 0.15) is 11.6 Å². The average Bonchev–Trinajstić information content (AvgIpc) is 3.53. The van der Waals surface area contributed by atoms with Gasteiger partial charge in [0.2, 0.25) is 5.91 Å². The van der Waals surface area contributed by atoms with E-state index in [0.29, 0.717) is 18.6 Å². The molecule has 1 unspecified atom stereocenters. The van der Waals surface area contributed by atoms with Crippen LogP contribution in [0.25, 0.3) is 22.0 Å². The molecule has 2 aromatic carbocycles. The Bertz CT molecular complexity index is 1070. The number of imidazole rings is 1. The van der Waals surface area contributed by atoms with Crippen molar-refractivity contribution in [1.29, 1.82) is 0 Å². The molecule has 2 heterocycles. The number of ketones is 1. The number of thioether (sulfide) groups is 1. The second-order valence-corrected chi connectivity index (χ2v) is 9.50. The Kier molecular flexibility index (Phi) is 7.63. The molecule has 1 aliphatic rings. The van der Waals surface area contributed by atoms with E-state index in [0.717, 1.165) is 60.9 Å². The van der Waals surface area contributed by atoms with Gasteiger partial charge in [0.15, 0.2) is 0 Å². The minimum Gasteiger partial charge on any atom is -0.341 e. The van der Waals surface area contributed by atoms with Crippen molar-refractivity contribution in [3.05, 3.63) is 54.5 Å². The fraction of sp³-hybridized carbons (Fsp3) is 0.423. The Morgan fingerprint density at radius 2 is 1.97 bits per heavy atom. The molecule has 168 valence electrons. The van der Waals surface area contributed by atoms with Crippen LogP contribution in [0.2, 0.25) is 0 Å². The van der Waals surface area contributed by atoms with E-state index < -0.39 is 0 Å². The van der Waals surface area contributed by atoms with Gasteiger partial charge in [-0.1, -0.05) is 56.2 Å². The van der Waals surface area contributed by atoms with E-state index in [9.17, 15) is 9.59 Å². The number of hydrogen-bond donors (Lipinski definition) is 1. The minimum absolute atomic E-state index is 0.166. The molecule has 1 saturated heterocycles. The Labute approximate surface area is 194 Å². The van der Waals surface area contributed by atoms with Gasteiger partial charge in [-0.05, 0) is 29.7 Å². The summed E-state index contributed by atoms with van der Waals surface area (Å²) in [7, 11) is 0. The van der Waals surface area contributed by atoms with Crippen LogP contribution >= 0.6 is 11.8 Å². The summed E-state index contributed by atoms with van der Waals surface area (Å²) in [5.74, 6) is 2.73. The van der Waals surface area contributed by atoms with E-state index in [-0.39, 0.29) is 11.8 Å². The fourth-order valence-electron chi connectivity index (χ4n) is 4.23. The standard InChI is InChI=1S/C26H31N3O2S/c1-2-22(30)10-4-3-5-11-23(26(31)29-14-15-32-18-29)25-27-17-24(28-25)21-13-12-19-8-6-7-9-20(19)16-21/h6-9,12-13,16-17,23H,2-5,10-11,14-15,18H2,1H3,(H,27,28). The average molecular weight is 450 g/mol. The highest BCUT2D eigenvalue weighted by molar-refractivity contribution is 7.99. The molecule has 1 aliphatic heterocycles. The zero-order valence-corrected chi connectivity index (χ0v) is 19.5. The first-order valence-electron chi connectivity index (χ1n) is 11.6. The highest BCUT2D eigenvalue weighted by atomic mass is 32.2. The number of benzene rings is 2. The largest absolute Gasteiger partial charge is 0.341 e. The smallest absolute Gasteiger partial charge is 0.234 e. The van der Waals surface area contributed by atoms with Crippen molar-refractivity contribution in [2.75, 3.05) is 18.2 Å². The molecular formula is C26H31N3O2S. The third-order valence-electron chi connectivity index (χ3n) is 6.19. The summed E-state index contributed by atoms with van der Waals surface area (Å²) in [6.07, 6.45) is 6.63. The quantitative estimate of drug-likeness (QED) is 0.399. The first-order valence-corrected chi connectivity index (χ1v) is 12.7. The van der Waals surface area contributed by atoms with Crippen molar-refractivity contribution >= 4 is 34.2 Å². The summed E-state index contributed by atoms with van der Waals surface area (Å²) in [6, 6.07) is 14.7. The fourth-order valence-corrected chi connectivity index (χ4v) is 5.18. The van der Waals surface area contributed by atoms with Crippen LogP contribution in [0.15, 0.2) is 48.7 Å². The summed E-state index contributed by atoms with van der Waals surface area (Å²) in [5.41, 5.74) is 2.01. The van der Waals surface area contributed by atoms with Crippen molar-refractivity contribution in [2.45, 2.75) is 51.4 Å². The lowest BCUT2D eigenvalue weighted by atomic mass is 9.98. The second kappa shape index (κ2) is 10.8. The molecule has 1 amide bonds. The first kappa shape index (κ1) is 22.6. The molecule has 4 rings (SSSR count). The highest BCUT2D eigenvalue weighted by Gasteiger charge is 2.29. The van der Waals surface area contributed by atoms with Crippen LogP contribution < -0.4 is 0 Å². The summed E-state index contributed by atoms with van der Waals surface area (Å²) in [6.45, 7) is 2.72. The third-order valence-corrected chi connectivity index (χ3v) is 7.16. The highest BCUT2D eigenvalue weighted by Crippen LogP contribution is 2.29. The van der Waals surface area contributed by atoms with Gasteiger partial charge >= 0.3 is 0 Å². The monoisotopic (exact) mass is 449 g/mol. The van der Waals surface area contributed by atoms with Crippen molar-refractivity contribution < 1.29 is 9.59 Å². The van der Waals surface area contributed by atoms with Crippen LogP contribution in [0.4, 0.5) is 0 Å². The van der Waals surface area contributed by atoms with Gasteiger partial charge < -0.3 is 9.88 Å². The van der Waals surface area contributed by atoms with Crippen LogP contribution in [0.5, 0.6) is 0 Å². The number of H-pyrrole nitrogens is 1. The number of rotatable bonds is 10.